The molecule has 0 saturated carbocycles. The first-order valence-corrected chi connectivity index (χ1v) is 7.85. The Morgan fingerprint density at radius 2 is 2.26 bits per heavy atom. The van der Waals surface area contributed by atoms with Crippen LogP contribution in [0, 0.1) is 5.82 Å². The van der Waals surface area contributed by atoms with E-state index in [1.165, 1.54) is 6.20 Å². The molecule has 0 aromatic carbocycles. The summed E-state index contributed by atoms with van der Waals surface area (Å²) < 4.78 is 19.2. The Bertz CT molecular complexity index is 647. The molecule has 5 nitrogen and oxygen atoms in total. The molecule has 0 bridgehead atoms. The van der Waals surface area contributed by atoms with Crippen LogP contribution in [0.4, 0.5) is 15.9 Å². The van der Waals surface area contributed by atoms with Crippen LogP contribution in [0.3, 0.4) is 0 Å². The van der Waals surface area contributed by atoms with Crippen molar-refractivity contribution in [1.29, 1.82) is 0 Å². The predicted molar refractivity (Wildman–Crippen MR) is 88.4 cm³/mol. The predicted octanol–water partition coefficient (Wildman–Crippen LogP) is 3.11. The van der Waals surface area contributed by atoms with Gasteiger partial charge in [0.05, 0.1) is 29.6 Å². The number of nitrogens with one attached hydrogen (secondary N) is 1. The van der Waals surface area contributed by atoms with Gasteiger partial charge in [-0.25, -0.2) is 9.37 Å². The lowest BCUT2D eigenvalue weighted by molar-refractivity contribution is 0.0529. The zero-order valence-electron chi connectivity index (χ0n) is 12.8. The van der Waals surface area contributed by atoms with Gasteiger partial charge < -0.3 is 15.0 Å². The van der Waals surface area contributed by atoms with Crippen LogP contribution >= 0.6 is 11.6 Å². The van der Waals surface area contributed by atoms with Gasteiger partial charge in [-0.1, -0.05) is 17.7 Å². The normalized spacial score (nSPS) is 18.0. The number of ether oxygens (including phenoxy) is 1. The van der Waals surface area contributed by atoms with Crippen LogP contribution in [0.5, 0.6) is 0 Å². The third-order valence-corrected chi connectivity index (χ3v) is 3.98. The number of hydrogen-bond acceptors (Lipinski definition) is 5. The lowest BCUT2D eigenvalue weighted by Crippen LogP contribution is -2.41. The summed E-state index contributed by atoms with van der Waals surface area (Å²) in [4.78, 5) is 10.4. The number of rotatable bonds is 4. The third kappa shape index (κ3) is 3.89. The fourth-order valence-corrected chi connectivity index (χ4v) is 2.72. The highest BCUT2D eigenvalue weighted by Gasteiger charge is 2.17. The van der Waals surface area contributed by atoms with Gasteiger partial charge in [0.15, 0.2) is 5.82 Å². The summed E-state index contributed by atoms with van der Waals surface area (Å²) in [7, 11) is 0. The Hall–Kier alpha value is -1.92. The minimum Gasteiger partial charge on any atom is -0.377 e. The van der Waals surface area contributed by atoms with E-state index in [4.69, 9.17) is 16.3 Å². The van der Waals surface area contributed by atoms with Crippen LogP contribution < -0.4 is 10.2 Å². The van der Waals surface area contributed by atoms with Gasteiger partial charge in [-0.05, 0) is 18.6 Å². The average molecular weight is 337 g/mol. The fraction of sp³-hybridized carbons (Fsp3) is 0.375. The van der Waals surface area contributed by atoms with Gasteiger partial charge in [0.25, 0.3) is 0 Å². The zero-order chi connectivity index (χ0) is 16.2. The summed E-state index contributed by atoms with van der Waals surface area (Å²) in [5, 5.41) is 3.24. The monoisotopic (exact) mass is 336 g/mol. The first-order valence-electron chi connectivity index (χ1n) is 7.48. The van der Waals surface area contributed by atoms with E-state index in [9.17, 15) is 4.39 Å². The van der Waals surface area contributed by atoms with Crippen LogP contribution in [0.2, 0.25) is 5.02 Å². The number of pyridine rings is 2. The van der Waals surface area contributed by atoms with E-state index in [0.717, 1.165) is 30.7 Å². The standard InChI is InChI=1S/C16H18ClFN4O/c1-11-10-22(4-5-23-11)15-3-2-12(6-20-15)7-21-16-13(17)8-19-9-14(16)18/h2-3,6,8-9,11H,4-5,7,10H2,1H3,(H,19,21). The molecule has 1 unspecified atom stereocenters. The van der Waals surface area contributed by atoms with E-state index in [1.807, 2.05) is 12.1 Å². The number of anilines is 2. The molecule has 7 heteroatoms. The van der Waals surface area contributed by atoms with Crippen molar-refractivity contribution in [2.45, 2.75) is 19.6 Å². The topological polar surface area (TPSA) is 50.3 Å². The van der Waals surface area contributed by atoms with Crippen molar-refractivity contribution in [2.24, 2.45) is 0 Å². The first kappa shape index (κ1) is 16.0. The maximum Gasteiger partial charge on any atom is 0.166 e. The maximum absolute atomic E-state index is 13.7. The molecular weight excluding hydrogens is 319 g/mol. The van der Waals surface area contributed by atoms with Crippen molar-refractivity contribution in [3.63, 3.8) is 0 Å². The van der Waals surface area contributed by atoms with E-state index in [2.05, 4.69) is 27.1 Å². The number of nitrogens with zero attached hydrogens (tertiary/aromatic N) is 3. The minimum absolute atomic E-state index is 0.212. The summed E-state index contributed by atoms with van der Waals surface area (Å²) in [6.07, 6.45) is 4.54. The molecule has 1 atom stereocenters. The second-order valence-corrected chi connectivity index (χ2v) is 5.89. The minimum atomic E-state index is -0.468. The van der Waals surface area contributed by atoms with Gasteiger partial charge in [0.2, 0.25) is 0 Å². The molecule has 2 aromatic heterocycles. The van der Waals surface area contributed by atoms with Gasteiger partial charge in [0.1, 0.15) is 5.82 Å². The number of aromatic nitrogens is 2. The lowest BCUT2D eigenvalue weighted by Gasteiger charge is -2.32. The van der Waals surface area contributed by atoms with Gasteiger partial charge >= 0.3 is 0 Å². The van der Waals surface area contributed by atoms with Crippen LogP contribution in [0.25, 0.3) is 0 Å². The molecule has 23 heavy (non-hydrogen) atoms. The Morgan fingerprint density at radius 1 is 1.39 bits per heavy atom. The van der Waals surface area contributed by atoms with E-state index >= 15 is 0 Å². The largest absolute Gasteiger partial charge is 0.377 e. The lowest BCUT2D eigenvalue weighted by atomic mass is 10.2. The summed E-state index contributed by atoms with van der Waals surface area (Å²) in [6, 6.07) is 3.95. The second-order valence-electron chi connectivity index (χ2n) is 5.48. The van der Waals surface area contributed by atoms with Crippen molar-refractivity contribution in [3.8, 4) is 0 Å². The van der Waals surface area contributed by atoms with E-state index in [1.54, 1.807) is 6.20 Å². The molecule has 1 N–H and O–H groups in total. The molecule has 1 fully saturated rings. The average Bonchev–Trinajstić information content (AvgIpc) is 2.55. The Kier molecular flexibility index (Phi) is 4.93. The van der Waals surface area contributed by atoms with Crippen LogP contribution in [-0.4, -0.2) is 35.8 Å². The zero-order valence-corrected chi connectivity index (χ0v) is 13.6. The molecule has 0 amide bonds. The highest BCUT2D eigenvalue weighted by Crippen LogP contribution is 2.24. The molecule has 122 valence electrons. The second kappa shape index (κ2) is 7.10. The molecule has 1 aliphatic rings. The van der Waals surface area contributed by atoms with Crippen LogP contribution in [0.1, 0.15) is 12.5 Å². The number of hydrogen-bond donors (Lipinski definition) is 1. The van der Waals surface area contributed by atoms with Gasteiger partial charge in [0, 0.05) is 32.0 Å². The van der Waals surface area contributed by atoms with Crippen LogP contribution in [0.15, 0.2) is 30.7 Å². The van der Waals surface area contributed by atoms with Crippen molar-refractivity contribution in [1.82, 2.24) is 9.97 Å². The van der Waals surface area contributed by atoms with Crippen molar-refractivity contribution in [2.75, 3.05) is 29.9 Å². The maximum atomic E-state index is 13.7. The summed E-state index contributed by atoms with van der Waals surface area (Å²) in [5.74, 6) is 0.460. The quantitative estimate of drug-likeness (QED) is 0.929. The molecule has 3 heterocycles. The summed E-state index contributed by atoms with van der Waals surface area (Å²) >= 11 is 5.94. The molecular formula is C16H18ClFN4O. The SMILES string of the molecule is CC1CN(c2ccc(CNc3c(F)cncc3Cl)cn2)CCO1. The molecule has 0 spiro atoms. The molecule has 0 radical (unpaired) electrons. The molecule has 0 aliphatic carbocycles. The van der Waals surface area contributed by atoms with Crippen molar-refractivity contribution < 1.29 is 9.13 Å². The Labute approximate surface area is 139 Å². The van der Waals surface area contributed by atoms with E-state index < -0.39 is 5.82 Å². The number of morpholine rings is 1. The van der Waals surface area contributed by atoms with Crippen molar-refractivity contribution in [3.05, 3.63) is 47.1 Å². The third-order valence-electron chi connectivity index (χ3n) is 3.70. The van der Waals surface area contributed by atoms with Gasteiger partial charge in [-0.3, -0.25) is 4.98 Å². The van der Waals surface area contributed by atoms with Crippen molar-refractivity contribution >= 4 is 23.1 Å². The first-order chi connectivity index (χ1) is 11.1. The fourth-order valence-electron chi connectivity index (χ4n) is 2.51. The molecule has 1 aliphatic heterocycles. The number of halogens is 2. The Morgan fingerprint density at radius 3 is 2.96 bits per heavy atom. The van der Waals surface area contributed by atoms with E-state index in [0.29, 0.717) is 13.2 Å². The summed E-state index contributed by atoms with van der Waals surface area (Å²) in [6.45, 7) is 4.88. The smallest absolute Gasteiger partial charge is 0.166 e. The highest BCUT2D eigenvalue weighted by atomic mass is 35.5. The Balaban J connectivity index is 1.63. The molecule has 2 aromatic rings. The van der Waals surface area contributed by atoms with Gasteiger partial charge in [-0.2, -0.15) is 0 Å². The summed E-state index contributed by atoms with van der Waals surface area (Å²) in [5.41, 5.74) is 1.20. The molecule has 3 rings (SSSR count). The van der Waals surface area contributed by atoms with E-state index in [-0.39, 0.29) is 16.8 Å². The van der Waals surface area contributed by atoms with Gasteiger partial charge in [-0.15, -0.1) is 0 Å². The highest BCUT2D eigenvalue weighted by molar-refractivity contribution is 6.33. The van der Waals surface area contributed by atoms with Crippen LogP contribution in [-0.2, 0) is 11.3 Å². The molecule has 1 saturated heterocycles.